The molecule has 2 rings (SSSR count). The smallest absolute Gasteiger partial charge is 0.279 e. The fourth-order valence-corrected chi connectivity index (χ4v) is 2.22. The lowest BCUT2D eigenvalue weighted by molar-refractivity contribution is -0.659. The lowest BCUT2D eigenvalue weighted by atomic mass is 10.2. The van der Waals surface area contributed by atoms with Crippen LogP contribution in [0.25, 0.3) is 0 Å². The zero-order valence-electron chi connectivity index (χ0n) is 14.2. The molecule has 0 saturated carbocycles. The van der Waals surface area contributed by atoms with Gasteiger partial charge < -0.3 is 24.8 Å². The number of ether oxygens (including phenoxy) is 3. The average Bonchev–Trinajstić information content (AvgIpc) is 2.61. The van der Waals surface area contributed by atoms with Crippen molar-refractivity contribution in [3.05, 3.63) is 48.0 Å². The molecule has 6 heteroatoms. The van der Waals surface area contributed by atoms with Crippen LogP contribution in [0.5, 0.6) is 17.2 Å². The molecule has 128 valence electrons. The Labute approximate surface area is 141 Å². The first kappa shape index (κ1) is 17.6. The third-order valence-corrected chi connectivity index (χ3v) is 3.50. The molecule has 0 aromatic heterocycles. The summed E-state index contributed by atoms with van der Waals surface area (Å²) >= 11 is 0. The third kappa shape index (κ3) is 5.17. The third-order valence-electron chi connectivity index (χ3n) is 3.50. The predicted molar refractivity (Wildman–Crippen MR) is 91.7 cm³/mol. The van der Waals surface area contributed by atoms with Crippen LogP contribution in [0.2, 0.25) is 0 Å². The summed E-state index contributed by atoms with van der Waals surface area (Å²) in [5.41, 5.74) is 1.78. The van der Waals surface area contributed by atoms with Crippen molar-refractivity contribution in [2.45, 2.75) is 6.54 Å². The number of carbonyl (C=O) groups is 1. The minimum Gasteiger partial charge on any atom is -0.497 e. The van der Waals surface area contributed by atoms with Crippen LogP contribution in [-0.2, 0) is 11.3 Å². The number of benzene rings is 2. The Balaban J connectivity index is 1.84. The molecule has 6 nitrogen and oxygen atoms in total. The van der Waals surface area contributed by atoms with Crippen LogP contribution < -0.4 is 24.8 Å². The van der Waals surface area contributed by atoms with Gasteiger partial charge in [0.15, 0.2) is 6.54 Å². The van der Waals surface area contributed by atoms with E-state index in [9.17, 15) is 4.79 Å². The van der Waals surface area contributed by atoms with E-state index < -0.39 is 0 Å². The Morgan fingerprint density at radius 2 is 1.50 bits per heavy atom. The molecule has 0 aliphatic carbocycles. The van der Waals surface area contributed by atoms with E-state index in [1.165, 1.54) is 0 Å². The van der Waals surface area contributed by atoms with Crippen molar-refractivity contribution >= 4 is 11.6 Å². The molecule has 2 aromatic carbocycles. The van der Waals surface area contributed by atoms with Gasteiger partial charge in [-0.3, -0.25) is 4.79 Å². The summed E-state index contributed by atoms with van der Waals surface area (Å²) < 4.78 is 15.5. The van der Waals surface area contributed by atoms with E-state index in [1.54, 1.807) is 39.5 Å². The minimum atomic E-state index is -0.0844. The van der Waals surface area contributed by atoms with Crippen LogP contribution in [0.4, 0.5) is 5.69 Å². The predicted octanol–water partition coefficient (Wildman–Crippen LogP) is 1.41. The molecule has 0 spiro atoms. The Hall–Kier alpha value is -2.73. The number of anilines is 1. The number of amides is 1. The highest BCUT2D eigenvalue weighted by atomic mass is 16.5. The average molecular weight is 331 g/mol. The molecule has 0 heterocycles. The van der Waals surface area contributed by atoms with Gasteiger partial charge in [0.1, 0.15) is 23.8 Å². The number of methoxy groups -OCH3 is 3. The SMILES string of the molecule is COc1ccc(C[NH2+]CC(=O)Nc2cc(OC)cc(OC)c2)cc1. The van der Waals surface area contributed by atoms with E-state index in [-0.39, 0.29) is 5.91 Å². The molecule has 0 fully saturated rings. The molecule has 24 heavy (non-hydrogen) atoms. The first-order valence-electron chi connectivity index (χ1n) is 7.62. The summed E-state index contributed by atoms with van der Waals surface area (Å²) in [6.45, 7) is 1.05. The second-order valence-electron chi connectivity index (χ2n) is 5.19. The van der Waals surface area contributed by atoms with Crippen molar-refractivity contribution in [1.29, 1.82) is 0 Å². The normalized spacial score (nSPS) is 10.1. The Morgan fingerprint density at radius 3 is 2.04 bits per heavy atom. The zero-order valence-corrected chi connectivity index (χ0v) is 14.2. The van der Waals surface area contributed by atoms with Crippen LogP contribution in [0.15, 0.2) is 42.5 Å². The van der Waals surface area contributed by atoms with Gasteiger partial charge >= 0.3 is 0 Å². The molecule has 0 radical (unpaired) electrons. The fourth-order valence-electron chi connectivity index (χ4n) is 2.22. The number of quaternary nitrogens is 1. The lowest BCUT2D eigenvalue weighted by Crippen LogP contribution is -2.84. The van der Waals surface area contributed by atoms with Crippen LogP contribution in [0, 0.1) is 0 Å². The van der Waals surface area contributed by atoms with Crippen molar-refractivity contribution in [2.24, 2.45) is 0 Å². The van der Waals surface area contributed by atoms with E-state index in [1.807, 2.05) is 29.6 Å². The highest BCUT2D eigenvalue weighted by Gasteiger charge is 2.08. The van der Waals surface area contributed by atoms with Gasteiger partial charge in [-0.15, -0.1) is 0 Å². The first-order chi connectivity index (χ1) is 11.6. The van der Waals surface area contributed by atoms with Gasteiger partial charge in [0, 0.05) is 29.4 Å². The second-order valence-corrected chi connectivity index (χ2v) is 5.19. The minimum absolute atomic E-state index is 0.0844. The second kappa shape index (κ2) is 8.79. The monoisotopic (exact) mass is 331 g/mol. The summed E-state index contributed by atoms with van der Waals surface area (Å²) in [4.78, 5) is 12.1. The number of nitrogens with one attached hydrogen (secondary N) is 1. The summed E-state index contributed by atoms with van der Waals surface area (Å²) in [6, 6.07) is 13.1. The molecular weight excluding hydrogens is 308 g/mol. The van der Waals surface area contributed by atoms with Gasteiger partial charge in [0.2, 0.25) is 0 Å². The maximum Gasteiger partial charge on any atom is 0.279 e. The van der Waals surface area contributed by atoms with Crippen molar-refractivity contribution in [3.63, 3.8) is 0 Å². The molecule has 1 amide bonds. The number of nitrogens with two attached hydrogens (primary N) is 1. The molecule has 0 atom stereocenters. The highest BCUT2D eigenvalue weighted by Crippen LogP contribution is 2.25. The Bertz CT molecular complexity index is 649. The molecule has 0 aliphatic heterocycles. The van der Waals surface area contributed by atoms with Crippen molar-refractivity contribution in [1.82, 2.24) is 0 Å². The number of hydrogen-bond acceptors (Lipinski definition) is 4. The van der Waals surface area contributed by atoms with Crippen molar-refractivity contribution in [3.8, 4) is 17.2 Å². The van der Waals surface area contributed by atoms with Crippen LogP contribution in [-0.4, -0.2) is 33.8 Å². The van der Waals surface area contributed by atoms with E-state index in [0.29, 0.717) is 23.7 Å². The van der Waals surface area contributed by atoms with Gasteiger partial charge in [-0.1, -0.05) is 0 Å². The van der Waals surface area contributed by atoms with Crippen molar-refractivity contribution < 1.29 is 24.3 Å². The lowest BCUT2D eigenvalue weighted by Gasteiger charge is -2.09. The molecule has 3 N–H and O–H groups in total. The Kier molecular flexibility index (Phi) is 6.45. The maximum atomic E-state index is 12.1. The van der Waals surface area contributed by atoms with E-state index in [2.05, 4.69) is 5.32 Å². The maximum absolute atomic E-state index is 12.1. The number of carbonyl (C=O) groups excluding carboxylic acids is 1. The quantitative estimate of drug-likeness (QED) is 0.767. The summed E-state index contributed by atoms with van der Waals surface area (Å²) in [5.74, 6) is 2.00. The molecule has 0 saturated heterocycles. The Morgan fingerprint density at radius 1 is 0.917 bits per heavy atom. The first-order valence-corrected chi connectivity index (χ1v) is 7.62. The van der Waals surface area contributed by atoms with E-state index in [4.69, 9.17) is 14.2 Å². The standard InChI is InChI=1S/C18H22N2O4/c1-22-15-6-4-13(5-7-15)11-19-12-18(21)20-14-8-16(23-2)10-17(9-14)24-3/h4-10,19H,11-12H2,1-3H3,(H,20,21)/p+1. The van der Waals surface area contributed by atoms with Gasteiger partial charge in [0.05, 0.1) is 21.3 Å². The van der Waals surface area contributed by atoms with Gasteiger partial charge in [-0.25, -0.2) is 0 Å². The van der Waals surface area contributed by atoms with Crippen molar-refractivity contribution in [2.75, 3.05) is 33.2 Å². The molecule has 0 bridgehead atoms. The van der Waals surface area contributed by atoms with E-state index in [0.717, 1.165) is 17.9 Å². The molecule has 2 aromatic rings. The summed E-state index contributed by atoms with van der Waals surface area (Å²) in [7, 11) is 4.78. The van der Waals surface area contributed by atoms with Crippen LogP contribution >= 0.6 is 0 Å². The molecule has 0 aliphatic rings. The topological polar surface area (TPSA) is 73.4 Å². The summed E-state index contributed by atoms with van der Waals surface area (Å²) in [6.07, 6.45) is 0. The zero-order chi connectivity index (χ0) is 17.4. The largest absolute Gasteiger partial charge is 0.497 e. The van der Waals surface area contributed by atoms with Gasteiger partial charge in [-0.05, 0) is 24.3 Å². The van der Waals surface area contributed by atoms with Gasteiger partial charge in [-0.2, -0.15) is 0 Å². The highest BCUT2D eigenvalue weighted by molar-refractivity contribution is 5.91. The number of hydrogen-bond donors (Lipinski definition) is 2. The fraction of sp³-hybridized carbons (Fsp3) is 0.278. The van der Waals surface area contributed by atoms with Gasteiger partial charge in [0.25, 0.3) is 5.91 Å². The van der Waals surface area contributed by atoms with E-state index >= 15 is 0 Å². The van der Waals surface area contributed by atoms with Crippen LogP contribution in [0.3, 0.4) is 0 Å². The summed E-state index contributed by atoms with van der Waals surface area (Å²) in [5, 5.41) is 4.78. The molecular formula is C18H23N2O4+. The number of rotatable bonds is 8. The molecule has 0 unspecified atom stereocenters. The van der Waals surface area contributed by atoms with Crippen LogP contribution in [0.1, 0.15) is 5.56 Å².